The summed E-state index contributed by atoms with van der Waals surface area (Å²) >= 11 is 6.37. The maximum atomic E-state index is 13.5. The van der Waals surface area contributed by atoms with Crippen molar-refractivity contribution in [2.75, 3.05) is 66.6 Å². The van der Waals surface area contributed by atoms with E-state index in [1.165, 1.54) is 16.8 Å². The van der Waals surface area contributed by atoms with E-state index in [4.69, 9.17) is 21.1 Å². The molecule has 0 bridgehead atoms. The summed E-state index contributed by atoms with van der Waals surface area (Å²) in [7, 11) is 3.40. The molecule has 2 fully saturated rings. The molecule has 2 aromatic carbocycles. The van der Waals surface area contributed by atoms with Crippen LogP contribution < -0.4 is 26.3 Å². The molecule has 54 heavy (non-hydrogen) atoms. The highest BCUT2D eigenvalue weighted by atomic mass is 35.5. The molecule has 2 aromatic heterocycles. The number of nitrogens with zero attached hydrogens (tertiary/aromatic N) is 5. The number of piperazine rings is 1. The smallest absolute Gasteiger partial charge is 0.332 e. The van der Waals surface area contributed by atoms with Gasteiger partial charge in [0.2, 0.25) is 0 Å². The standard InChI is InChI=1S/C41H51ClN6O6/c1-6-13-47-26-33(27(2)28(3)39(47)50)31-23-36(53-4)32(37(24-31)54-5)11-14-44-18-20-45(21-19-44)25-29-9-15-46(16-10-29)40(51)30-7-8-34(42)35(22-30)48-17-12-38(49)43-41(48)52/h7-8,12,17,22-24,26,29H,6,9-11,13-16,18-21,25H2,1-5H3,(H,43,49,52). The first-order valence-corrected chi connectivity index (χ1v) is 19.2. The van der Waals surface area contributed by atoms with Crippen LogP contribution in [0.4, 0.5) is 0 Å². The van der Waals surface area contributed by atoms with Crippen molar-refractivity contribution in [1.29, 1.82) is 0 Å². The van der Waals surface area contributed by atoms with Crippen LogP contribution in [0.5, 0.6) is 11.5 Å². The number of halogens is 1. The van der Waals surface area contributed by atoms with Gasteiger partial charge in [-0.3, -0.25) is 23.9 Å². The second-order valence-electron chi connectivity index (χ2n) is 14.4. The lowest BCUT2D eigenvalue weighted by Crippen LogP contribution is -2.49. The Hall–Kier alpha value is -4.65. The number of hydrogen-bond donors (Lipinski definition) is 1. The van der Waals surface area contributed by atoms with E-state index in [9.17, 15) is 19.2 Å². The van der Waals surface area contributed by atoms with Gasteiger partial charge in [0.25, 0.3) is 17.0 Å². The van der Waals surface area contributed by atoms with E-state index in [0.717, 1.165) is 104 Å². The Morgan fingerprint density at radius 2 is 1.54 bits per heavy atom. The summed E-state index contributed by atoms with van der Waals surface area (Å²) in [5.74, 6) is 2.00. The number of H-pyrrole nitrogens is 1. The Balaban J connectivity index is 1.01. The zero-order chi connectivity index (χ0) is 38.5. The summed E-state index contributed by atoms with van der Waals surface area (Å²) in [6, 6.07) is 10.3. The van der Waals surface area contributed by atoms with E-state index in [1.54, 1.807) is 37.0 Å². The number of methoxy groups -OCH3 is 2. The van der Waals surface area contributed by atoms with E-state index < -0.39 is 11.2 Å². The van der Waals surface area contributed by atoms with Crippen LogP contribution in [0.25, 0.3) is 16.8 Å². The van der Waals surface area contributed by atoms with E-state index in [0.29, 0.717) is 41.8 Å². The molecule has 1 amide bonds. The van der Waals surface area contributed by atoms with Crippen LogP contribution in [0.1, 0.15) is 53.2 Å². The van der Waals surface area contributed by atoms with Gasteiger partial charge < -0.3 is 28.7 Å². The molecular weight excluding hydrogens is 708 g/mol. The lowest BCUT2D eigenvalue weighted by molar-refractivity contribution is 0.0634. The first-order chi connectivity index (χ1) is 26.0. The molecule has 6 rings (SSSR count). The fraction of sp³-hybridized carbons (Fsp3) is 0.463. The molecule has 0 aliphatic carbocycles. The molecule has 288 valence electrons. The largest absolute Gasteiger partial charge is 0.496 e. The highest BCUT2D eigenvalue weighted by molar-refractivity contribution is 6.32. The maximum Gasteiger partial charge on any atom is 0.332 e. The van der Waals surface area contributed by atoms with Crippen molar-refractivity contribution < 1.29 is 14.3 Å². The van der Waals surface area contributed by atoms with Crippen molar-refractivity contribution in [3.63, 3.8) is 0 Å². The Bertz CT molecular complexity index is 2140. The number of benzene rings is 2. The predicted octanol–water partition coefficient (Wildman–Crippen LogP) is 4.76. The Labute approximate surface area is 320 Å². The zero-order valence-corrected chi connectivity index (χ0v) is 32.7. The first-order valence-electron chi connectivity index (χ1n) is 18.8. The number of piperidine rings is 1. The molecule has 1 N–H and O–H groups in total. The number of likely N-dealkylation sites (tertiary alicyclic amines) is 1. The van der Waals surface area contributed by atoms with Crippen LogP contribution in [0.15, 0.2) is 63.2 Å². The number of ether oxygens (including phenoxy) is 2. The normalized spacial score (nSPS) is 15.8. The molecule has 12 nitrogen and oxygen atoms in total. The van der Waals surface area contributed by atoms with Crippen molar-refractivity contribution in [3.8, 4) is 28.3 Å². The number of hydrogen-bond acceptors (Lipinski definition) is 8. The van der Waals surface area contributed by atoms with Gasteiger partial charge in [-0.05, 0) is 86.9 Å². The fourth-order valence-corrected chi connectivity index (χ4v) is 7.95. The Morgan fingerprint density at radius 3 is 2.17 bits per heavy atom. The van der Waals surface area contributed by atoms with E-state index in [2.05, 4.69) is 33.8 Å². The molecule has 2 aliphatic heterocycles. The number of pyridine rings is 1. The van der Waals surface area contributed by atoms with Crippen molar-refractivity contribution in [2.45, 2.75) is 53.0 Å². The maximum absolute atomic E-state index is 13.5. The van der Waals surface area contributed by atoms with Crippen molar-refractivity contribution in [3.05, 3.63) is 107 Å². The summed E-state index contributed by atoms with van der Waals surface area (Å²) in [5.41, 5.74) is 4.51. The number of aromatic amines is 1. The van der Waals surface area contributed by atoms with Gasteiger partial charge in [0.1, 0.15) is 11.5 Å². The number of carbonyl (C=O) groups is 1. The van der Waals surface area contributed by atoms with Crippen molar-refractivity contribution in [2.24, 2.45) is 5.92 Å². The van der Waals surface area contributed by atoms with Gasteiger partial charge in [-0.15, -0.1) is 0 Å². The van der Waals surface area contributed by atoms with Gasteiger partial charge in [0.15, 0.2) is 0 Å². The second kappa shape index (κ2) is 17.2. The third-order valence-corrected chi connectivity index (χ3v) is 11.4. The third-order valence-electron chi connectivity index (χ3n) is 11.1. The summed E-state index contributed by atoms with van der Waals surface area (Å²) in [4.78, 5) is 59.3. The van der Waals surface area contributed by atoms with Crippen LogP contribution in [-0.2, 0) is 13.0 Å². The highest BCUT2D eigenvalue weighted by Gasteiger charge is 2.27. The van der Waals surface area contributed by atoms with Gasteiger partial charge in [-0.25, -0.2) is 4.79 Å². The number of carbonyl (C=O) groups excluding carboxylic acids is 1. The van der Waals surface area contributed by atoms with Crippen LogP contribution in [0, 0.1) is 19.8 Å². The van der Waals surface area contributed by atoms with Crippen molar-refractivity contribution >= 4 is 17.5 Å². The SMILES string of the molecule is CCCn1cc(-c2cc(OC)c(CCN3CCN(CC4CCN(C(=O)c5ccc(Cl)c(-n6ccc(=O)[nH]c6=O)c5)CC4)CC3)c(OC)c2)c(C)c(C)c1=O. The fourth-order valence-electron chi connectivity index (χ4n) is 7.74. The van der Waals surface area contributed by atoms with E-state index in [1.807, 2.05) is 24.9 Å². The third kappa shape index (κ3) is 8.51. The Kier molecular flexibility index (Phi) is 12.5. The number of rotatable bonds is 12. The summed E-state index contributed by atoms with van der Waals surface area (Å²) in [6.45, 7) is 13.8. The minimum atomic E-state index is -0.614. The van der Waals surface area contributed by atoms with Crippen LogP contribution in [0.3, 0.4) is 0 Å². The molecule has 4 aromatic rings. The average molecular weight is 759 g/mol. The molecule has 0 radical (unpaired) electrons. The molecule has 2 aliphatic rings. The van der Waals surface area contributed by atoms with E-state index >= 15 is 0 Å². The second-order valence-corrected chi connectivity index (χ2v) is 14.8. The van der Waals surface area contributed by atoms with Crippen LogP contribution >= 0.6 is 11.6 Å². The van der Waals surface area contributed by atoms with Gasteiger partial charge in [-0.1, -0.05) is 18.5 Å². The molecule has 0 atom stereocenters. The van der Waals surface area contributed by atoms with Gasteiger partial charge in [0, 0.05) is 99.6 Å². The monoisotopic (exact) mass is 758 g/mol. The lowest BCUT2D eigenvalue weighted by Gasteiger charge is -2.39. The van der Waals surface area contributed by atoms with Crippen LogP contribution in [-0.4, -0.2) is 101 Å². The summed E-state index contributed by atoms with van der Waals surface area (Å²) in [5, 5.41) is 0.308. The average Bonchev–Trinajstić information content (AvgIpc) is 3.18. The molecule has 0 unspecified atom stereocenters. The zero-order valence-electron chi connectivity index (χ0n) is 32.0. The number of aromatic nitrogens is 3. The quantitative estimate of drug-likeness (QED) is 0.220. The molecule has 4 heterocycles. The highest BCUT2D eigenvalue weighted by Crippen LogP contribution is 2.37. The minimum absolute atomic E-state index is 0.0580. The van der Waals surface area contributed by atoms with Crippen LogP contribution in [0.2, 0.25) is 5.02 Å². The van der Waals surface area contributed by atoms with E-state index in [-0.39, 0.29) is 11.5 Å². The Morgan fingerprint density at radius 1 is 0.870 bits per heavy atom. The number of amides is 1. The topological polar surface area (TPSA) is 122 Å². The summed E-state index contributed by atoms with van der Waals surface area (Å²) < 4.78 is 14.9. The van der Waals surface area contributed by atoms with Gasteiger partial charge >= 0.3 is 5.69 Å². The van der Waals surface area contributed by atoms with Gasteiger partial charge in [0.05, 0.1) is 24.9 Å². The number of aryl methyl sites for hydroxylation is 1. The molecular formula is C41H51ClN6O6. The molecule has 0 saturated carbocycles. The minimum Gasteiger partial charge on any atom is -0.496 e. The first kappa shape index (κ1) is 39.1. The molecule has 0 spiro atoms. The lowest BCUT2D eigenvalue weighted by atomic mass is 9.95. The molecule has 13 heteroatoms. The van der Waals surface area contributed by atoms with Gasteiger partial charge in [-0.2, -0.15) is 0 Å². The number of nitrogens with one attached hydrogen (secondary N) is 1. The predicted molar refractivity (Wildman–Crippen MR) is 212 cm³/mol. The summed E-state index contributed by atoms with van der Waals surface area (Å²) in [6.07, 6.45) is 6.86. The van der Waals surface area contributed by atoms with Crippen molar-refractivity contribution in [1.82, 2.24) is 28.8 Å². The molecule has 2 saturated heterocycles.